The van der Waals surface area contributed by atoms with Crippen LogP contribution in [0.2, 0.25) is 0 Å². The van der Waals surface area contributed by atoms with Crippen molar-refractivity contribution in [3.8, 4) is 17.2 Å². The van der Waals surface area contributed by atoms with E-state index in [1.54, 1.807) is 18.2 Å². The smallest absolute Gasteiger partial charge is 0.308 e. The molecule has 9 nitrogen and oxygen atoms in total. The van der Waals surface area contributed by atoms with Crippen LogP contribution in [0, 0.1) is 10.1 Å². The lowest BCUT2D eigenvalue weighted by atomic mass is 10.1. The first kappa shape index (κ1) is 22.2. The number of non-ortho nitro benzene ring substituents is 1. The first-order chi connectivity index (χ1) is 14.7. The van der Waals surface area contributed by atoms with E-state index in [4.69, 9.17) is 26.4 Å². The number of ether oxygens (including phenoxy) is 3. The van der Waals surface area contributed by atoms with Crippen molar-refractivity contribution >= 4 is 57.6 Å². The molecule has 2 aromatic rings. The van der Waals surface area contributed by atoms with Crippen LogP contribution in [0.3, 0.4) is 0 Å². The summed E-state index contributed by atoms with van der Waals surface area (Å²) in [5, 5.41) is 10.8. The summed E-state index contributed by atoms with van der Waals surface area (Å²) in [4.78, 5) is 36.3. The highest BCUT2D eigenvalue weighted by atomic mass is 32.2. The van der Waals surface area contributed by atoms with Crippen LogP contribution in [-0.2, 0) is 9.59 Å². The monoisotopic (exact) mass is 460 g/mol. The molecular weight excluding hydrogens is 444 g/mol. The molecule has 1 heterocycles. The molecule has 0 unspecified atom stereocenters. The van der Waals surface area contributed by atoms with E-state index >= 15 is 0 Å². The number of hydrogen-bond donors (Lipinski definition) is 0. The largest absolute Gasteiger partial charge is 0.493 e. The predicted octanol–water partition coefficient (Wildman–Crippen LogP) is 3.94. The van der Waals surface area contributed by atoms with Gasteiger partial charge in [0, 0.05) is 19.1 Å². The number of esters is 1. The zero-order valence-electron chi connectivity index (χ0n) is 16.6. The molecule has 1 amide bonds. The Morgan fingerprint density at radius 1 is 1.16 bits per heavy atom. The molecule has 3 rings (SSSR count). The molecule has 0 spiro atoms. The fourth-order valence-corrected chi connectivity index (χ4v) is 4.09. The van der Waals surface area contributed by atoms with E-state index in [0.717, 1.165) is 11.8 Å². The van der Waals surface area contributed by atoms with Crippen molar-refractivity contribution in [2.75, 3.05) is 19.1 Å². The Bertz CT molecular complexity index is 1090. The molecular formula is C20H16N2O7S2. The van der Waals surface area contributed by atoms with Crippen molar-refractivity contribution in [3.63, 3.8) is 0 Å². The van der Waals surface area contributed by atoms with Gasteiger partial charge in [-0.05, 0) is 35.9 Å². The molecule has 0 atom stereocenters. The lowest BCUT2D eigenvalue weighted by Crippen LogP contribution is -2.27. The van der Waals surface area contributed by atoms with E-state index < -0.39 is 10.9 Å². The van der Waals surface area contributed by atoms with Gasteiger partial charge < -0.3 is 14.2 Å². The van der Waals surface area contributed by atoms with Crippen molar-refractivity contribution in [1.29, 1.82) is 0 Å². The standard InChI is InChI=1S/C20H16N2O7S2/c1-11(23)29-18-15(27-2)8-12(9-16(18)28-3)10-17-19(24)21(20(30)31-17)13-4-6-14(7-5-13)22(25)26/h4-10H,1-3H3/b17-10+. The summed E-state index contributed by atoms with van der Waals surface area (Å²) < 4.78 is 16.0. The van der Waals surface area contributed by atoms with E-state index in [0.29, 0.717) is 20.5 Å². The molecule has 0 saturated carbocycles. The fourth-order valence-electron chi connectivity index (χ4n) is 2.79. The highest BCUT2D eigenvalue weighted by molar-refractivity contribution is 8.27. The summed E-state index contributed by atoms with van der Waals surface area (Å²) in [7, 11) is 2.83. The Labute approximate surface area is 186 Å². The van der Waals surface area contributed by atoms with Crippen molar-refractivity contribution < 1.29 is 28.7 Å². The Balaban J connectivity index is 1.95. The molecule has 0 aromatic heterocycles. The van der Waals surface area contributed by atoms with E-state index in [1.165, 1.54) is 50.3 Å². The molecule has 1 saturated heterocycles. The second-order valence-electron chi connectivity index (χ2n) is 6.14. The van der Waals surface area contributed by atoms with Gasteiger partial charge in [-0.25, -0.2) is 0 Å². The van der Waals surface area contributed by atoms with Crippen LogP contribution in [0.25, 0.3) is 6.08 Å². The maximum atomic E-state index is 12.9. The quantitative estimate of drug-likeness (QED) is 0.158. The van der Waals surface area contributed by atoms with Gasteiger partial charge in [-0.15, -0.1) is 0 Å². The number of hydrogen-bond acceptors (Lipinski definition) is 9. The number of nitro benzene ring substituents is 1. The number of methoxy groups -OCH3 is 2. The molecule has 0 N–H and O–H groups in total. The topological polar surface area (TPSA) is 108 Å². The van der Waals surface area contributed by atoms with Crippen LogP contribution in [0.4, 0.5) is 11.4 Å². The number of nitro groups is 1. The Morgan fingerprint density at radius 2 is 1.74 bits per heavy atom. The molecule has 1 aliphatic heterocycles. The summed E-state index contributed by atoms with van der Waals surface area (Å²) >= 11 is 6.42. The molecule has 2 aromatic carbocycles. The minimum atomic E-state index is -0.534. The second-order valence-corrected chi connectivity index (χ2v) is 7.81. The summed E-state index contributed by atoms with van der Waals surface area (Å²) in [5.41, 5.74) is 0.905. The maximum Gasteiger partial charge on any atom is 0.308 e. The van der Waals surface area contributed by atoms with Gasteiger partial charge in [-0.3, -0.25) is 24.6 Å². The number of amides is 1. The summed E-state index contributed by atoms with van der Waals surface area (Å²) in [5.74, 6) is -0.259. The van der Waals surface area contributed by atoms with Crippen LogP contribution in [0.5, 0.6) is 17.2 Å². The highest BCUT2D eigenvalue weighted by Crippen LogP contribution is 2.41. The Hall–Kier alpha value is -3.44. The SMILES string of the molecule is COc1cc(/C=C2/SC(=S)N(c3ccc([N+](=O)[O-])cc3)C2=O)cc(OC)c1OC(C)=O. The molecule has 0 bridgehead atoms. The van der Waals surface area contributed by atoms with E-state index in [9.17, 15) is 19.7 Å². The third-order valence-electron chi connectivity index (χ3n) is 4.14. The van der Waals surface area contributed by atoms with Gasteiger partial charge in [0.1, 0.15) is 0 Å². The number of anilines is 1. The number of rotatable bonds is 6. The van der Waals surface area contributed by atoms with Gasteiger partial charge in [0.05, 0.1) is 29.7 Å². The van der Waals surface area contributed by atoms with Gasteiger partial charge >= 0.3 is 5.97 Å². The number of carbonyl (C=O) groups is 2. The van der Waals surface area contributed by atoms with Gasteiger partial charge in [0.15, 0.2) is 15.8 Å². The maximum absolute atomic E-state index is 12.9. The van der Waals surface area contributed by atoms with Crippen LogP contribution < -0.4 is 19.1 Å². The van der Waals surface area contributed by atoms with Crippen LogP contribution in [0.1, 0.15) is 12.5 Å². The Morgan fingerprint density at radius 3 is 2.23 bits per heavy atom. The molecule has 0 radical (unpaired) electrons. The lowest BCUT2D eigenvalue weighted by molar-refractivity contribution is -0.384. The minimum Gasteiger partial charge on any atom is -0.493 e. The summed E-state index contributed by atoms with van der Waals surface area (Å²) in [6, 6.07) is 8.73. The second kappa shape index (κ2) is 9.14. The van der Waals surface area contributed by atoms with Crippen molar-refractivity contribution in [2.24, 2.45) is 0 Å². The van der Waals surface area contributed by atoms with Crippen LogP contribution in [-0.4, -0.2) is 35.3 Å². The van der Waals surface area contributed by atoms with E-state index in [-0.39, 0.29) is 28.8 Å². The molecule has 1 aliphatic rings. The zero-order chi connectivity index (χ0) is 22.7. The first-order valence-electron chi connectivity index (χ1n) is 8.72. The number of benzene rings is 2. The lowest BCUT2D eigenvalue weighted by Gasteiger charge is -2.14. The van der Waals surface area contributed by atoms with E-state index in [1.807, 2.05) is 0 Å². The summed E-state index contributed by atoms with van der Waals surface area (Å²) in [6.07, 6.45) is 1.60. The van der Waals surface area contributed by atoms with Gasteiger partial charge in [0.2, 0.25) is 5.75 Å². The normalized spacial score (nSPS) is 14.7. The number of thioether (sulfide) groups is 1. The average Bonchev–Trinajstić information content (AvgIpc) is 3.01. The van der Waals surface area contributed by atoms with Crippen LogP contribution >= 0.6 is 24.0 Å². The number of thiocarbonyl (C=S) groups is 1. The van der Waals surface area contributed by atoms with Crippen molar-refractivity contribution in [3.05, 3.63) is 57.0 Å². The minimum absolute atomic E-state index is 0.0863. The van der Waals surface area contributed by atoms with Crippen molar-refractivity contribution in [2.45, 2.75) is 6.92 Å². The molecule has 11 heteroatoms. The predicted molar refractivity (Wildman–Crippen MR) is 120 cm³/mol. The summed E-state index contributed by atoms with van der Waals surface area (Å²) in [6.45, 7) is 1.26. The third kappa shape index (κ3) is 4.67. The number of nitrogens with zero attached hydrogens (tertiary/aromatic N) is 2. The van der Waals surface area contributed by atoms with E-state index in [2.05, 4.69) is 0 Å². The van der Waals surface area contributed by atoms with Gasteiger partial charge in [-0.1, -0.05) is 24.0 Å². The first-order valence-corrected chi connectivity index (χ1v) is 9.94. The number of carbonyl (C=O) groups excluding carboxylic acids is 2. The molecule has 0 aliphatic carbocycles. The Kier molecular flexibility index (Phi) is 6.56. The van der Waals surface area contributed by atoms with Crippen LogP contribution in [0.15, 0.2) is 41.3 Å². The third-order valence-corrected chi connectivity index (χ3v) is 5.44. The highest BCUT2D eigenvalue weighted by Gasteiger charge is 2.33. The van der Waals surface area contributed by atoms with Crippen molar-refractivity contribution in [1.82, 2.24) is 0 Å². The average molecular weight is 460 g/mol. The molecule has 1 fully saturated rings. The zero-order valence-corrected chi connectivity index (χ0v) is 18.2. The molecule has 160 valence electrons. The van der Waals surface area contributed by atoms with Gasteiger partial charge in [0.25, 0.3) is 11.6 Å². The van der Waals surface area contributed by atoms with Gasteiger partial charge in [-0.2, -0.15) is 0 Å². The fraction of sp³-hybridized carbons (Fsp3) is 0.150. The molecule has 31 heavy (non-hydrogen) atoms.